The highest BCUT2D eigenvalue weighted by Crippen LogP contribution is 2.30. The summed E-state index contributed by atoms with van der Waals surface area (Å²) in [6.45, 7) is 6.67. The van der Waals surface area contributed by atoms with Crippen LogP contribution in [0.15, 0.2) is 11.6 Å². The van der Waals surface area contributed by atoms with Gasteiger partial charge in [-0.25, -0.2) is 0 Å². The standard InChI is InChI=1S/C11H21N/c1-4-10-5-8(2)6-11(7-10)9(3)12/h6,8-10H,4-5,7,12H2,1-3H3. The fourth-order valence-corrected chi connectivity index (χ4v) is 2.09. The predicted octanol–water partition coefficient (Wildman–Crippen LogP) is 2.72. The topological polar surface area (TPSA) is 26.0 Å². The van der Waals surface area contributed by atoms with Crippen molar-refractivity contribution in [1.82, 2.24) is 0 Å². The Morgan fingerprint density at radius 1 is 1.67 bits per heavy atom. The van der Waals surface area contributed by atoms with Gasteiger partial charge in [0.2, 0.25) is 0 Å². The Kier molecular flexibility index (Phi) is 3.33. The van der Waals surface area contributed by atoms with Gasteiger partial charge in [0.25, 0.3) is 0 Å². The zero-order valence-corrected chi connectivity index (χ0v) is 8.51. The van der Waals surface area contributed by atoms with Gasteiger partial charge >= 0.3 is 0 Å². The molecule has 2 N–H and O–H groups in total. The molecule has 70 valence electrons. The van der Waals surface area contributed by atoms with Crippen LogP contribution in [0.2, 0.25) is 0 Å². The smallest absolute Gasteiger partial charge is 0.0224 e. The van der Waals surface area contributed by atoms with Crippen LogP contribution in [-0.2, 0) is 0 Å². The summed E-state index contributed by atoms with van der Waals surface area (Å²) in [5.41, 5.74) is 7.35. The van der Waals surface area contributed by atoms with E-state index >= 15 is 0 Å². The van der Waals surface area contributed by atoms with Crippen LogP contribution in [0.3, 0.4) is 0 Å². The minimum absolute atomic E-state index is 0.266. The van der Waals surface area contributed by atoms with E-state index in [1.165, 1.54) is 24.8 Å². The predicted molar refractivity (Wildman–Crippen MR) is 53.9 cm³/mol. The molecule has 0 radical (unpaired) electrons. The molecule has 12 heavy (non-hydrogen) atoms. The second-order valence-electron chi connectivity index (χ2n) is 4.22. The molecule has 3 unspecified atom stereocenters. The molecule has 0 fully saturated rings. The molecule has 0 aliphatic heterocycles. The van der Waals surface area contributed by atoms with E-state index in [0.29, 0.717) is 0 Å². The van der Waals surface area contributed by atoms with E-state index in [-0.39, 0.29) is 6.04 Å². The van der Waals surface area contributed by atoms with Gasteiger partial charge in [0, 0.05) is 6.04 Å². The lowest BCUT2D eigenvalue weighted by molar-refractivity contribution is 0.384. The number of nitrogens with two attached hydrogens (primary N) is 1. The summed E-state index contributed by atoms with van der Waals surface area (Å²) in [4.78, 5) is 0. The second kappa shape index (κ2) is 4.08. The summed E-state index contributed by atoms with van der Waals surface area (Å²) in [5, 5.41) is 0. The van der Waals surface area contributed by atoms with Crippen LogP contribution in [0, 0.1) is 11.8 Å². The average molecular weight is 167 g/mol. The van der Waals surface area contributed by atoms with Gasteiger partial charge in [-0.15, -0.1) is 0 Å². The average Bonchev–Trinajstić information content (AvgIpc) is 2.03. The van der Waals surface area contributed by atoms with E-state index in [4.69, 9.17) is 5.73 Å². The third kappa shape index (κ3) is 2.34. The van der Waals surface area contributed by atoms with E-state index in [1.54, 1.807) is 0 Å². The first-order valence-electron chi connectivity index (χ1n) is 5.09. The van der Waals surface area contributed by atoms with Crippen molar-refractivity contribution in [2.24, 2.45) is 17.6 Å². The molecule has 0 amide bonds. The van der Waals surface area contributed by atoms with Crippen molar-refractivity contribution in [2.75, 3.05) is 0 Å². The van der Waals surface area contributed by atoms with Gasteiger partial charge in [0.1, 0.15) is 0 Å². The van der Waals surface area contributed by atoms with Crippen LogP contribution in [0.4, 0.5) is 0 Å². The number of hydrogen-bond acceptors (Lipinski definition) is 1. The molecule has 1 aliphatic rings. The zero-order chi connectivity index (χ0) is 9.14. The summed E-state index contributed by atoms with van der Waals surface area (Å²) >= 11 is 0. The van der Waals surface area contributed by atoms with Crippen molar-refractivity contribution < 1.29 is 0 Å². The van der Waals surface area contributed by atoms with Crippen molar-refractivity contribution in [3.05, 3.63) is 11.6 Å². The van der Waals surface area contributed by atoms with Crippen LogP contribution in [0.25, 0.3) is 0 Å². The Bertz CT molecular complexity index is 170. The third-order valence-corrected chi connectivity index (χ3v) is 2.89. The normalized spacial score (nSPS) is 32.8. The lowest BCUT2D eigenvalue weighted by atomic mass is 9.80. The first kappa shape index (κ1) is 9.79. The second-order valence-corrected chi connectivity index (χ2v) is 4.22. The highest BCUT2D eigenvalue weighted by Gasteiger charge is 2.19. The zero-order valence-electron chi connectivity index (χ0n) is 8.51. The molecule has 3 atom stereocenters. The molecular formula is C11H21N. The van der Waals surface area contributed by atoms with Gasteiger partial charge in [0.15, 0.2) is 0 Å². The monoisotopic (exact) mass is 167 g/mol. The molecule has 0 saturated carbocycles. The molecule has 0 aromatic rings. The van der Waals surface area contributed by atoms with Crippen molar-refractivity contribution in [3.8, 4) is 0 Å². The fraction of sp³-hybridized carbons (Fsp3) is 0.818. The summed E-state index contributed by atoms with van der Waals surface area (Å²) in [5.74, 6) is 1.62. The van der Waals surface area contributed by atoms with Crippen molar-refractivity contribution in [2.45, 2.75) is 46.1 Å². The molecule has 1 heteroatoms. The molecule has 0 heterocycles. The van der Waals surface area contributed by atoms with E-state index in [1.807, 2.05) is 0 Å². The van der Waals surface area contributed by atoms with Crippen molar-refractivity contribution >= 4 is 0 Å². The van der Waals surface area contributed by atoms with Crippen molar-refractivity contribution in [1.29, 1.82) is 0 Å². The first-order chi connectivity index (χ1) is 5.63. The number of hydrogen-bond donors (Lipinski definition) is 1. The van der Waals surface area contributed by atoms with Crippen LogP contribution in [0.1, 0.15) is 40.0 Å². The minimum Gasteiger partial charge on any atom is -0.324 e. The highest BCUT2D eigenvalue weighted by molar-refractivity contribution is 5.14. The fourth-order valence-electron chi connectivity index (χ4n) is 2.09. The minimum atomic E-state index is 0.266. The van der Waals surface area contributed by atoms with Crippen LogP contribution in [-0.4, -0.2) is 6.04 Å². The molecule has 0 aromatic carbocycles. The van der Waals surface area contributed by atoms with Gasteiger partial charge in [-0.3, -0.25) is 0 Å². The summed E-state index contributed by atoms with van der Waals surface area (Å²) in [6, 6.07) is 0.266. The molecular weight excluding hydrogens is 146 g/mol. The summed E-state index contributed by atoms with van der Waals surface area (Å²) in [7, 11) is 0. The van der Waals surface area contributed by atoms with E-state index in [2.05, 4.69) is 26.8 Å². The van der Waals surface area contributed by atoms with Gasteiger partial charge in [0.05, 0.1) is 0 Å². The molecule has 1 nitrogen and oxygen atoms in total. The molecule has 0 bridgehead atoms. The van der Waals surface area contributed by atoms with Gasteiger partial charge in [-0.1, -0.05) is 31.9 Å². The lowest BCUT2D eigenvalue weighted by Crippen LogP contribution is -2.24. The largest absolute Gasteiger partial charge is 0.324 e. The number of rotatable bonds is 2. The summed E-state index contributed by atoms with van der Waals surface area (Å²) < 4.78 is 0. The van der Waals surface area contributed by atoms with Crippen LogP contribution >= 0.6 is 0 Å². The molecule has 0 saturated heterocycles. The maximum atomic E-state index is 5.88. The quantitative estimate of drug-likeness (QED) is 0.629. The third-order valence-electron chi connectivity index (χ3n) is 2.89. The lowest BCUT2D eigenvalue weighted by Gasteiger charge is -2.27. The highest BCUT2D eigenvalue weighted by atomic mass is 14.6. The Labute approximate surface area is 76.0 Å². The molecule has 1 rings (SSSR count). The van der Waals surface area contributed by atoms with Gasteiger partial charge in [-0.2, -0.15) is 0 Å². The molecule has 1 aliphatic carbocycles. The number of allylic oxidation sites excluding steroid dienone is 1. The molecule has 0 aromatic heterocycles. The maximum absolute atomic E-state index is 5.88. The van der Waals surface area contributed by atoms with E-state index < -0.39 is 0 Å². The Hall–Kier alpha value is -0.300. The van der Waals surface area contributed by atoms with E-state index in [0.717, 1.165) is 11.8 Å². The summed E-state index contributed by atoms with van der Waals surface area (Å²) in [6.07, 6.45) is 6.26. The maximum Gasteiger partial charge on any atom is 0.0224 e. The molecule has 0 spiro atoms. The van der Waals surface area contributed by atoms with E-state index in [9.17, 15) is 0 Å². The van der Waals surface area contributed by atoms with Crippen LogP contribution in [0.5, 0.6) is 0 Å². The SMILES string of the molecule is CCC1CC(C(C)N)=CC(C)C1. The first-order valence-corrected chi connectivity index (χ1v) is 5.09. The van der Waals surface area contributed by atoms with Gasteiger partial charge in [-0.05, 0) is 31.6 Å². The Morgan fingerprint density at radius 2 is 2.33 bits per heavy atom. The Balaban J connectivity index is 2.62. The van der Waals surface area contributed by atoms with Crippen molar-refractivity contribution in [3.63, 3.8) is 0 Å². The van der Waals surface area contributed by atoms with Crippen LogP contribution < -0.4 is 5.73 Å². The Morgan fingerprint density at radius 3 is 2.83 bits per heavy atom. The van der Waals surface area contributed by atoms with Gasteiger partial charge < -0.3 is 5.73 Å².